The zero-order valence-corrected chi connectivity index (χ0v) is 12.6. The zero-order valence-electron chi connectivity index (χ0n) is 11.7. The quantitative estimate of drug-likeness (QED) is 0.681. The second-order valence-corrected chi connectivity index (χ2v) is 3.88. The third kappa shape index (κ3) is 15.0. The summed E-state index contributed by atoms with van der Waals surface area (Å²) in [4.78, 5) is 5.11. The Morgan fingerprint density at radius 1 is 1.41 bits per heavy atom. The van der Waals surface area contributed by atoms with Crippen molar-refractivity contribution in [3.8, 4) is 0 Å². The van der Waals surface area contributed by atoms with Crippen molar-refractivity contribution in [2.75, 3.05) is 6.26 Å². The molecule has 0 saturated heterocycles. The van der Waals surface area contributed by atoms with Crippen molar-refractivity contribution < 1.29 is 0 Å². The Balaban J connectivity index is 0. The highest BCUT2D eigenvalue weighted by molar-refractivity contribution is 8.02. The molecule has 96 valence electrons. The van der Waals surface area contributed by atoms with Crippen molar-refractivity contribution in [3.05, 3.63) is 53.7 Å². The van der Waals surface area contributed by atoms with E-state index < -0.39 is 0 Å². The van der Waals surface area contributed by atoms with E-state index in [1.807, 2.05) is 51.3 Å². The van der Waals surface area contributed by atoms with E-state index in [-0.39, 0.29) is 0 Å². The topological polar surface area (TPSA) is 12.9 Å². The van der Waals surface area contributed by atoms with E-state index in [2.05, 4.69) is 24.6 Å². The van der Waals surface area contributed by atoms with E-state index in [4.69, 9.17) is 0 Å². The fraction of sp³-hybridized carbons (Fsp3) is 0.400. The highest BCUT2D eigenvalue weighted by Crippen LogP contribution is 2.08. The van der Waals surface area contributed by atoms with Crippen molar-refractivity contribution in [2.45, 2.75) is 34.1 Å². The van der Waals surface area contributed by atoms with Crippen LogP contribution in [-0.4, -0.2) is 11.2 Å². The van der Waals surface area contributed by atoms with Crippen LogP contribution in [-0.2, 0) is 0 Å². The van der Waals surface area contributed by atoms with E-state index in [1.165, 1.54) is 0 Å². The summed E-state index contributed by atoms with van der Waals surface area (Å²) >= 11 is 1.68. The minimum absolute atomic E-state index is 1.07. The van der Waals surface area contributed by atoms with Crippen LogP contribution in [0.15, 0.2) is 48.0 Å². The van der Waals surface area contributed by atoms with Crippen LogP contribution in [0.1, 0.15) is 32.9 Å². The first-order valence-corrected chi connectivity index (χ1v) is 7.20. The molecule has 17 heavy (non-hydrogen) atoms. The average molecular weight is 251 g/mol. The minimum Gasteiger partial charge on any atom is -0.262 e. The summed E-state index contributed by atoms with van der Waals surface area (Å²) in [5.74, 6) is 0. The Morgan fingerprint density at radius 3 is 2.35 bits per heavy atom. The van der Waals surface area contributed by atoms with Gasteiger partial charge in [-0.15, -0.1) is 11.8 Å². The molecule has 0 aromatic carbocycles. The molecule has 1 rings (SSSR count). The van der Waals surface area contributed by atoms with Crippen LogP contribution in [0.3, 0.4) is 0 Å². The van der Waals surface area contributed by atoms with E-state index in [0.29, 0.717) is 0 Å². The van der Waals surface area contributed by atoms with Gasteiger partial charge in [0.05, 0.1) is 0 Å². The van der Waals surface area contributed by atoms with Gasteiger partial charge in [0.25, 0.3) is 0 Å². The number of hydrogen-bond donors (Lipinski definition) is 0. The van der Waals surface area contributed by atoms with Crippen molar-refractivity contribution in [3.63, 3.8) is 0 Å². The first-order chi connectivity index (χ1) is 8.20. The molecule has 0 amide bonds. The number of pyridine rings is 1. The molecule has 0 N–H and O–H groups in total. The van der Waals surface area contributed by atoms with Gasteiger partial charge in [0.2, 0.25) is 0 Å². The van der Waals surface area contributed by atoms with Crippen LogP contribution in [0.5, 0.6) is 0 Å². The molecular weight excluding hydrogens is 226 g/mol. The number of aryl methyl sites for hydroxylation is 1. The van der Waals surface area contributed by atoms with Crippen LogP contribution >= 0.6 is 11.8 Å². The first-order valence-electron chi connectivity index (χ1n) is 5.97. The van der Waals surface area contributed by atoms with Gasteiger partial charge < -0.3 is 0 Å². The summed E-state index contributed by atoms with van der Waals surface area (Å²) in [6.07, 6.45) is 9.07. The number of thioether (sulfide) groups is 1. The van der Waals surface area contributed by atoms with E-state index in [9.17, 15) is 0 Å². The summed E-state index contributed by atoms with van der Waals surface area (Å²) in [5, 5.41) is 0. The molecule has 0 spiro atoms. The Bertz CT molecular complexity index is 291. The van der Waals surface area contributed by atoms with Gasteiger partial charge in [-0.3, -0.25) is 4.98 Å². The molecule has 2 heteroatoms. The fourth-order valence-corrected chi connectivity index (χ4v) is 0.998. The van der Waals surface area contributed by atoms with Crippen molar-refractivity contribution >= 4 is 11.8 Å². The highest BCUT2D eigenvalue weighted by atomic mass is 32.2. The molecule has 0 fully saturated rings. The molecule has 1 heterocycles. The molecule has 0 saturated carbocycles. The zero-order chi connectivity index (χ0) is 13.5. The lowest BCUT2D eigenvalue weighted by Gasteiger charge is -1.87. The van der Waals surface area contributed by atoms with Gasteiger partial charge in [-0.2, -0.15) is 0 Å². The first kappa shape index (κ1) is 18.3. The van der Waals surface area contributed by atoms with Crippen LogP contribution in [0.4, 0.5) is 0 Å². The van der Waals surface area contributed by atoms with Gasteiger partial charge in [0.15, 0.2) is 0 Å². The molecule has 0 aliphatic heterocycles. The molecule has 0 radical (unpaired) electrons. The number of aromatic nitrogens is 1. The summed E-state index contributed by atoms with van der Waals surface area (Å²) in [7, 11) is 0. The van der Waals surface area contributed by atoms with Gasteiger partial charge in [-0.1, -0.05) is 45.6 Å². The number of allylic oxidation sites excluding steroid dienone is 2. The van der Waals surface area contributed by atoms with E-state index in [0.717, 1.165) is 17.0 Å². The fourth-order valence-electron chi connectivity index (χ4n) is 0.765. The molecular formula is C15H25NS. The van der Waals surface area contributed by atoms with Gasteiger partial charge in [0.1, 0.15) is 0 Å². The molecule has 1 aromatic heterocycles. The third-order valence-electron chi connectivity index (χ3n) is 1.61. The lowest BCUT2D eigenvalue weighted by Crippen LogP contribution is -1.72. The van der Waals surface area contributed by atoms with Crippen LogP contribution in [0.25, 0.3) is 0 Å². The van der Waals surface area contributed by atoms with Gasteiger partial charge in [-0.25, -0.2) is 0 Å². The Labute approximate surface area is 111 Å². The van der Waals surface area contributed by atoms with Gasteiger partial charge in [-0.05, 0) is 36.6 Å². The predicted octanol–water partition coefficient (Wildman–Crippen LogP) is 5.25. The Morgan fingerprint density at radius 2 is 2.06 bits per heavy atom. The largest absolute Gasteiger partial charge is 0.262 e. The molecule has 0 aliphatic rings. The maximum atomic E-state index is 3.98. The van der Waals surface area contributed by atoms with E-state index >= 15 is 0 Å². The van der Waals surface area contributed by atoms with Gasteiger partial charge >= 0.3 is 0 Å². The normalized spacial score (nSPS) is 8.76. The molecule has 0 aliphatic carbocycles. The smallest absolute Gasteiger partial charge is 0.0372 e. The van der Waals surface area contributed by atoms with Gasteiger partial charge in [0, 0.05) is 11.9 Å². The summed E-state index contributed by atoms with van der Waals surface area (Å²) in [6.45, 7) is 11.9. The van der Waals surface area contributed by atoms with E-state index in [1.54, 1.807) is 18.0 Å². The predicted molar refractivity (Wildman–Crippen MR) is 82.4 cm³/mol. The molecule has 0 unspecified atom stereocenters. The van der Waals surface area contributed by atoms with Crippen molar-refractivity contribution in [1.82, 2.24) is 4.98 Å². The molecule has 0 atom stereocenters. The number of hydrogen-bond acceptors (Lipinski definition) is 2. The Hall–Kier alpha value is -1.02. The lowest BCUT2D eigenvalue weighted by atomic mass is 10.4. The monoisotopic (exact) mass is 251 g/mol. The minimum atomic E-state index is 1.07. The molecule has 0 bridgehead atoms. The number of nitrogens with zero attached hydrogens (tertiary/aromatic N) is 1. The average Bonchev–Trinajstić information content (AvgIpc) is 2.40. The molecule has 1 nitrogen and oxygen atoms in total. The van der Waals surface area contributed by atoms with Crippen molar-refractivity contribution in [2.24, 2.45) is 0 Å². The molecule has 1 aromatic rings. The van der Waals surface area contributed by atoms with Crippen LogP contribution in [0.2, 0.25) is 0 Å². The Kier molecular flexibility index (Phi) is 16.2. The number of rotatable bonds is 3. The van der Waals surface area contributed by atoms with Crippen molar-refractivity contribution in [1.29, 1.82) is 0 Å². The van der Waals surface area contributed by atoms with Crippen LogP contribution < -0.4 is 0 Å². The maximum absolute atomic E-state index is 3.98. The summed E-state index contributed by atoms with van der Waals surface area (Å²) in [6, 6.07) is 5.86. The second-order valence-electron chi connectivity index (χ2n) is 2.95. The third-order valence-corrected chi connectivity index (χ3v) is 2.27. The second kappa shape index (κ2) is 15.0. The highest BCUT2D eigenvalue weighted by Gasteiger charge is 1.77. The summed E-state index contributed by atoms with van der Waals surface area (Å²) < 4.78 is 0. The van der Waals surface area contributed by atoms with Crippen LogP contribution in [0, 0.1) is 6.92 Å². The SMILES string of the molecule is C=C(/C=C\CC)SC.CC.Cc1ccccn1. The lowest BCUT2D eigenvalue weighted by molar-refractivity contribution is 1.20. The maximum Gasteiger partial charge on any atom is 0.0372 e. The standard InChI is InChI=1S/C7H12S.C6H7N.C2H6/c1-4-5-6-7(2)8-3;1-6-4-2-3-5-7-6;1-2/h5-6H,2,4H2,1,3H3;2-5H,1H3;1-2H3/b6-5-;;. The summed E-state index contributed by atoms with van der Waals surface area (Å²) in [5.41, 5.74) is 1.07.